The molecule has 0 atom stereocenters. The van der Waals surface area contributed by atoms with Crippen molar-refractivity contribution < 1.29 is 4.79 Å². The Bertz CT molecular complexity index is 805. The molecule has 1 amide bonds. The number of thiazole rings is 1. The van der Waals surface area contributed by atoms with Crippen molar-refractivity contribution in [2.75, 3.05) is 39.3 Å². The SMILES string of the molecule is Cc1nc(CN2CCN(C(=O)Cn3nnnc3CN3CCC(C)CC3)CC2)cs1. The molecule has 0 radical (unpaired) electrons. The lowest BCUT2D eigenvalue weighted by atomic mass is 9.99. The second-order valence-electron chi connectivity index (χ2n) is 8.23. The van der Waals surface area contributed by atoms with Crippen LogP contribution in [0.2, 0.25) is 0 Å². The van der Waals surface area contributed by atoms with Crippen LogP contribution in [0.4, 0.5) is 0 Å². The zero-order valence-corrected chi connectivity index (χ0v) is 18.1. The quantitative estimate of drug-likeness (QED) is 0.692. The van der Waals surface area contributed by atoms with Crippen LogP contribution in [0.25, 0.3) is 0 Å². The predicted molar refractivity (Wildman–Crippen MR) is 110 cm³/mol. The van der Waals surface area contributed by atoms with Gasteiger partial charge in [-0.1, -0.05) is 6.92 Å². The van der Waals surface area contributed by atoms with Gasteiger partial charge in [-0.15, -0.1) is 16.4 Å². The molecule has 0 spiro atoms. The minimum atomic E-state index is 0.0926. The van der Waals surface area contributed by atoms with Crippen LogP contribution in [0.15, 0.2) is 5.38 Å². The van der Waals surface area contributed by atoms with Gasteiger partial charge in [-0.2, -0.15) is 0 Å². The molecular formula is C19H30N8OS. The van der Waals surface area contributed by atoms with Gasteiger partial charge in [0, 0.05) is 38.1 Å². The Morgan fingerprint density at radius 2 is 1.83 bits per heavy atom. The summed E-state index contributed by atoms with van der Waals surface area (Å²) in [6.45, 7) is 11.5. The molecule has 0 saturated carbocycles. The fourth-order valence-electron chi connectivity index (χ4n) is 3.97. The Kier molecular flexibility index (Phi) is 6.51. The topological polar surface area (TPSA) is 83.3 Å². The van der Waals surface area contributed by atoms with E-state index in [4.69, 9.17) is 0 Å². The van der Waals surface area contributed by atoms with Crippen molar-refractivity contribution in [3.05, 3.63) is 21.9 Å². The number of piperidine rings is 1. The monoisotopic (exact) mass is 418 g/mol. The molecule has 2 aliphatic heterocycles. The van der Waals surface area contributed by atoms with Gasteiger partial charge >= 0.3 is 0 Å². The molecule has 4 heterocycles. The number of aromatic nitrogens is 5. The van der Waals surface area contributed by atoms with Gasteiger partial charge in [-0.25, -0.2) is 9.67 Å². The van der Waals surface area contributed by atoms with Crippen molar-refractivity contribution in [3.8, 4) is 0 Å². The predicted octanol–water partition coefficient (Wildman–Crippen LogP) is 1.01. The lowest BCUT2D eigenvalue weighted by molar-refractivity contribution is -0.134. The largest absolute Gasteiger partial charge is 0.339 e. The van der Waals surface area contributed by atoms with E-state index in [1.807, 2.05) is 11.8 Å². The van der Waals surface area contributed by atoms with Crippen LogP contribution in [0, 0.1) is 12.8 Å². The minimum Gasteiger partial charge on any atom is -0.339 e. The summed E-state index contributed by atoms with van der Waals surface area (Å²) >= 11 is 1.69. The van der Waals surface area contributed by atoms with Gasteiger partial charge in [0.15, 0.2) is 5.82 Å². The van der Waals surface area contributed by atoms with Gasteiger partial charge in [0.05, 0.1) is 17.2 Å². The number of hydrogen-bond donors (Lipinski definition) is 0. The molecule has 29 heavy (non-hydrogen) atoms. The maximum atomic E-state index is 12.8. The van der Waals surface area contributed by atoms with Gasteiger partial charge in [-0.05, 0) is 49.2 Å². The van der Waals surface area contributed by atoms with Crippen LogP contribution in [-0.4, -0.2) is 85.1 Å². The molecule has 0 aromatic carbocycles. The molecular weight excluding hydrogens is 388 g/mol. The summed E-state index contributed by atoms with van der Waals surface area (Å²) in [5, 5.41) is 15.3. The molecule has 9 nitrogen and oxygen atoms in total. The van der Waals surface area contributed by atoms with Crippen LogP contribution < -0.4 is 0 Å². The standard InChI is InChI=1S/C19H30N8OS/c1-15-3-5-24(6-4-15)12-18-21-22-23-27(18)13-19(28)26-9-7-25(8-10-26)11-17-14-29-16(2)20-17/h14-15H,3-13H2,1-2H3. The first-order valence-electron chi connectivity index (χ1n) is 10.5. The van der Waals surface area contributed by atoms with Gasteiger partial charge in [0.25, 0.3) is 0 Å². The number of aryl methyl sites for hydroxylation is 1. The summed E-state index contributed by atoms with van der Waals surface area (Å²) in [6, 6.07) is 0. The second-order valence-corrected chi connectivity index (χ2v) is 9.29. The average molecular weight is 419 g/mol. The molecule has 0 bridgehead atoms. The van der Waals surface area contributed by atoms with Crippen LogP contribution in [0.1, 0.15) is 36.3 Å². The number of likely N-dealkylation sites (tertiary alicyclic amines) is 1. The molecule has 2 aliphatic rings. The van der Waals surface area contributed by atoms with E-state index in [1.165, 1.54) is 12.8 Å². The van der Waals surface area contributed by atoms with Crippen LogP contribution in [0.5, 0.6) is 0 Å². The highest BCUT2D eigenvalue weighted by Gasteiger charge is 2.24. The zero-order valence-electron chi connectivity index (χ0n) is 17.3. The third kappa shape index (κ3) is 5.37. The first-order chi connectivity index (χ1) is 14.1. The number of nitrogens with zero attached hydrogens (tertiary/aromatic N) is 8. The average Bonchev–Trinajstić information content (AvgIpc) is 3.33. The van der Waals surface area contributed by atoms with Crippen molar-refractivity contribution >= 4 is 17.2 Å². The van der Waals surface area contributed by atoms with Crippen molar-refractivity contribution in [1.29, 1.82) is 0 Å². The third-order valence-electron chi connectivity index (χ3n) is 5.91. The van der Waals surface area contributed by atoms with Crippen LogP contribution in [0.3, 0.4) is 0 Å². The fourth-order valence-corrected chi connectivity index (χ4v) is 4.58. The normalized spacial score (nSPS) is 19.7. The number of hydrogen-bond acceptors (Lipinski definition) is 8. The summed E-state index contributed by atoms with van der Waals surface area (Å²) in [5.74, 6) is 1.67. The van der Waals surface area contributed by atoms with E-state index in [0.29, 0.717) is 6.54 Å². The Balaban J connectivity index is 1.25. The van der Waals surface area contributed by atoms with Gasteiger partial charge in [-0.3, -0.25) is 14.6 Å². The van der Waals surface area contributed by atoms with Gasteiger partial charge in [0.2, 0.25) is 5.91 Å². The molecule has 4 rings (SSSR count). The first-order valence-corrected chi connectivity index (χ1v) is 11.3. The summed E-state index contributed by atoms with van der Waals surface area (Å²) in [4.78, 5) is 24.0. The number of rotatable bonds is 6. The number of tetrazole rings is 1. The van der Waals surface area contributed by atoms with E-state index in [9.17, 15) is 4.79 Å². The van der Waals surface area contributed by atoms with E-state index >= 15 is 0 Å². The lowest BCUT2D eigenvalue weighted by Crippen LogP contribution is -2.49. The summed E-state index contributed by atoms with van der Waals surface area (Å²) in [7, 11) is 0. The van der Waals surface area contributed by atoms with Crippen molar-refractivity contribution in [2.45, 2.75) is 46.3 Å². The van der Waals surface area contributed by atoms with E-state index in [0.717, 1.165) is 68.3 Å². The maximum absolute atomic E-state index is 12.8. The first kappa shape index (κ1) is 20.4. The summed E-state index contributed by atoms with van der Waals surface area (Å²) in [5.41, 5.74) is 1.12. The van der Waals surface area contributed by atoms with E-state index in [1.54, 1.807) is 16.0 Å². The van der Waals surface area contributed by atoms with E-state index in [-0.39, 0.29) is 12.5 Å². The highest BCUT2D eigenvalue weighted by Crippen LogP contribution is 2.17. The zero-order chi connectivity index (χ0) is 20.2. The van der Waals surface area contributed by atoms with Gasteiger partial charge < -0.3 is 4.90 Å². The molecule has 0 N–H and O–H groups in total. The maximum Gasteiger partial charge on any atom is 0.244 e. The lowest BCUT2D eigenvalue weighted by Gasteiger charge is -2.34. The molecule has 158 valence electrons. The highest BCUT2D eigenvalue weighted by molar-refractivity contribution is 7.09. The molecule has 2 saturated heterocycles. The Morgan fingerprint density at radius 1 is 1.10 bits per heavy atom. The highest BCUT2D eigenvalue weighted by atomic mass is 32.1. The molecule has 2 fully saturated rings. The third-order valence-corrected chi connectivity index (χ3v) is 6.73. The summed E-state index contributed by atoms with van der Waals surface area (Å²) in [6.07, 6.45) is 2.43. The number of carbonyl (C=O) groups excluding carboxylic acids is 1. The summed E-state index contributed by atoms with van der Waals surface area (Å²) < 4.78 is 1.67. The number of carbonyl (C=O) groups is 1. The number of piperazine rings is 1. The minimum absolute atomic E-state index is 0.0926. The Hall–Kier alpha value is -1.91. The molecule has 2 aromatic rings. The molecule has 10 heteroatoms. The van der Waals surface area contributed by atoms with Crippen molar-refractivity contribution in [1.82, 2.24) is 39.9 Å². The Labute approximate surface area is 175 Å². The van der Waals surface area contributed by atoms with Crippen LogP contribution >= 0.6 is 11.3 Å². The number of amides is 1. The van der Waals surface area contributed by atoms with Crippen LogP contribution in [-0.2, 0) is 24.4 Å². The Morgan fingerprint density at radius 3 is 2.52 bits per heavy atom. The van der Waals surface area contributed by atoms with E-state index < -0.39 is 0 Å². The second kappa shape index (κ2) is 9.27. The molecule has 0 aliphatic carbocycles. The van der Waals surface area contributed by atoms with Crippen molar-refractivity contribution in [2.24, 2.45) is 5.92 Å². The van der Waals surface area contributed by atoms with Crippen molar-refractivity contribution in [3.63, 3.8) is 0 Å². The van der Waals surface area contributed by atoms with Gasteiger partial charge in [0.1, 0.15) is 6.54 Å². The molecule has 2 aromatic heterocycles. The fraction of sp³-hybridized carbons (Fsp3) is 0.737. The molecule has 0 unspecified atom stereocenters. The van der Waals surface area contributed by atoms with E-state index in [2.05, 4.69) is 42.6 Å². The smallest absolute Gasteiger partial charge is 0.244 e.